The van der Waals surface area contributed by atoms with Gasteiger partial charge < -0.3 is 24.8 Å². The van der Waals surface area contributed by atoms with E-state index in [1.54, 1.807) is 12.1 Å². The van der Waals surface area contributed by atoms with Gasteiger partial charge in [0.25, 0.3) is 11.8 Å². The van der Waals surface area contributed by atoms with Crippen LogP contribution in [0.3, 0.4) is 0 Å². The number of anilines is 1. The first-order valence-electron chi connectivity index (χ1n) is 9.04. The van der Waals surface area contributed by atoms with Crippen molar-refractivity contribution in [2.24, 2.45) is 0 Å². The minimum absolute atomic E-state index is 0.108. The maximum absolute atomic E-state index is 12.1. The topological polar surface area (TPSA) is 103 Å². The van der Waals surface area contributed by atoms with E-state index < -0.39 is 24.4 Å². The number of hydrogen-bond donors (Lipinski definition) is 2. The summed E-state index contributed by atoms with van der Waals surface area (Å²) >= 11 is 0. The molecule has 0 saturated heterocycles. The first-order valence-corrected chi connectivity index (χ1v) is 9.04. The number of nitrogens with one attached hydrogen (secondary N) is 2. The van der Waals surface area contributed by atoms with Crippen LogP contribution < -0.4 is 20.1 Å². The van der Waals surface area contributed by atoms with Crippen molar-refractivity contribution in [1.82, 2.24) is 5.32 Å². The van der Waals surface area contributed by atoms with Crippen LogP contribution in [0.25, 0.3) is 0 Å². The molecule has 2 N–H and O–H groups in total. The van der Waals surface area contributed by atoms with E-state index in [9.17, 15) is 14.4 Å². The van der Waals surface area contributed by atoms with Crippen LogP contribution in [0.4, 0.5) is 5.69 Å². The van der Waals surface area contributed by atoms with Crippen molar-refractivity contribution < 1.29 is 28.6 Å². The Morgan fingerprint density at radius 2 is 1.69 bits per heavy atom. The van der Waals surface area contributed by atoms with Gasteiger partial charge in [0, 0.05) is 11.3 Å². The predicted molar refractivity (Wildman–Crippen MR) is 105 cm³/mol. The van der Waals surface area contributed by atoms with Crippen molar-refractivity contribution in [3.63, 3.8) is 0 Å². The Morgan fingerprint density at radius 1 is 1.00 bits per heavy atom. The molecule has 0 spiro atoms. The molecule has 0 bridgehead atoms. The molecule has 1 heterocycles. The molecule has 0 unspecified atom stereocenters. The van der Waals surface area contributed by atoms with Crippen LogP contribution in [-0.2, 0) is 14.3 Å². The van der Waals surface area contributed by atoms with E-state index in [4.69, 9.17) is 14.2 Å². The number of hydrogen-bond acceptors (Lipinski definition) is 6. The number of esters is 1. The molecule has 0 saturated carbocycles. The lowest BCUT2D eigenvalue weighted by Gasteiger charge is -2.13. The van der Waals surface area contributed by atoms with Gasteiger partial charge in [-0.25, -0.2) is 0 Å². The van der Waals surface area contributed by atoms with Gasteiger partial charge in [-0.3, -0.25) is 14.4 Å². The summed E-state index contributed by atoms with van der Waals surface area (Å²) in [5.74, 6) is -0.595. The summed E-state index contributed by atoms with van der Waals surface area (Å²) in [6, 6.07) is 8.63. The largest absolute Gasteiger partial charge is 0.454 e. The molecule has 0 radical (unpaired) electrons. The number of rotatable bonds is 6. The third-order valence-corrected chi connectivity index (χ3v) is 4.33. The fourth-order valence-corrected chi connectivity index (χ4v) is 3.04. The molecule has 152 valence electrons. The van der Waals surface area contributed by atoms with E-state index in [1.807, 2.05) is 32.9 Å². The molecule has 29 heavy (non-hydrogen) atoms. The van der Waals surface area contributed by atoms with Gasteiger partial charge in [0.2, 0.25) is 6.79 Å². The summed E-state index contributed by atoms with van der Waals surface area (Å²) in [6.07, 6.45) is 0. The lowest BCUT2D eigenvalue weighted by atomic mass is 10.1. The molecule has 2 amide bonds. The van der Waals surface area contributed by atoms with Crippen LogP contribution >= 0.6 is 0 Å². The fraction of sp³-hybridized carbons (Fsp3) is 0.286. The molecule has 2 aromatic carbocycles. The van der Waals surface area contributed by atoms with Crippen molar-refractivity contribution in [2.45, 2.75) is 20.8 Å². The molecular formula is C21H22N2O6. The highest BCUT2D eigenvalue weighted by Crippen LogP contribution is 2.32. The zero-order valence-corrected chi connectivity index (χ0v) is 16.5. The lowest BCUT2D eigenvalue weighted by Crippen LogP contribution is -2.32. The van der Waals surface area contributed by atoms with Crippen molar-refractivity contribution >= 4 is 23.5 Å². The van der Waals surface area contributed by atoms with Crippen LogP contribution in [0.1, 0.15) is 27.0 Å². The molecule has 0 fully saturated rings. The van der Waals surface area contributed by atoms with Crippen molar-refractivity contribution in [3.8, 4) is 11.5 Å². The molecule has 3 rings (SSSR count). The van der Waals surface area contributed by atoms with Crippen LogP contribution in [0, 0.1) is 20.8 Å². The minimum atomic E-state index is -0.716. The van der Waals surface area contributed by atoms with Crippen molar-refractivity contribution in [2.75, 3.05) is 25.3 Å². The fourth-order valence-electron chi connectivity index (χ4n) is 3.04. The Kier molecular flexibility index (Phi) is 6.01. The molecule has 1 aliphatic heterocycles. The van der Waals surface area contributed by atoms with Gasteiger partial charge in [0.05, 0.1) is 0 Å². The maximum atomic E-state index is 12.1. The number of ether oxygens (including phenoxy) is 3. The van der Waals surface area contributed by atoms with Gasteiger partial charge in [-0.05, 0) is 50.1 Å². The normalized spacial score (nSPS) is 11.7. The van der Waals surface area contributed by atoms with E-state index in [1.165, 1.54) is 6.07 Å². The summed E-state index contributed by atoms with van der Waals surface area (Å²) in [7, 11) is 0. The monoisotopic (exact) mass is 398 g/mol. The second-order valence-electron chi connectivity index (χ2n) is 6.73. The Labute approximate surface area is 168 Å². The Balaban J connectivity index is 1.45. The summed E-state index contributed by atoms with van der Waals surface area (Å²) in [4.78, 5) is 36.0. The Morgan fingerprint density at radius 3 is 2.41 bits per heavy atom. The SMILES string of the molecule is Cc1cc(C)c(NC(=O)COC(=O)CNC(=O)c2ccc3c(c2)OCO3)c(C)c1. The lowest BCUT2D eigenvalue weighted by molar-refractivity contribution is -0.146. The zero-order valence-electron chi connectivity index (χ0n) is 16.5. The number of fused-ring (bicyclic) bond motifs is 1. The molecular weight excluding hydrogens is 376 g/mol. The number of carbonyl (C=O) groups excluding carboxylic acids is 3. The molecule has 8 heteroatoms. The minimum Gasteiger partial charge on any atom is -0.454 e. The second kappa shape index (κ2) is 8.64. The number of amides is 2. The molecule has 8 nitrogen and oxygen atoms in total. The highest BCUT2D eigenvalue weighted by Gasteiger charge is 2.17. The van der Waals surface area contributed by atoms with E-state index in [0.29, 0.717) is 22.7 Å². The standard InChI is InChI=1S/C21H22N2O6/c1-12-6-13(2)20(14(3)7-12)23-18(24)10-27-19(25)9-22-21(26)15-4-5-16-17(8-15)29-11-28-16/h4-8H,9-11H2,1-3H3,(H,22,26)(H,23,24). The van der Waals surface area contributed by atoms with Crippen LogP contribution in [0.2, 0.25) is 0 Å². The average Bonchev–Trinajstić information content (AvgIpc) is 3.15. The van der Waals surface area contributed by atoms with E-state index >= 15 is 0 Å². The molecule has 0 aliphatic carbocycles. The van der Waals surface area contributed by atoms with E-state index in [-0.39, 0.29) is 13.3 Å². The predicted octanol–water partition coefficient (Wildman–Crippen LogP) is 2.25. The first kappa shape index (κ1) is 20.2. The van der Waals surface area contributed by atoms with E-state index in [0.717, 1.165) is 16.7 Å². The van der Waals surface area contributed by atoms with Gasteiger partial charge in [0.15, 0.2) is 18.1 Å². The summed E-state index contributed by atoms with van der Waals surface area (Å²) < 4.78 is 15.3. The molecule has 0 aromatic heterocycles. The molecule has 1 aliphatic rings. The number of benzene rings is 2. The summed E-state index contributed by atoms with van der Waals surface area (Å²) in [5, 5.41) is 5.19. The Bertz CT molecular complexity index is 947. The van der Waals surface area contributed by atoms with E-state index in [2.05, 4.69) is 10.6 Å². The highest BCUT2D eigenvalue weighted by molar-refractivity contribution is 5.97. The maximum Gasteiger partial charge on any atom is 0.325 e. The number of carbonyl (C=O) groups is 3. The van der Waals surface area contributed by atoms with Crippen LogP contribution in [-0.4, -0.2) is 37.7 Å². The second-order valence-corrected chi connectivity index (χ2v) is 6.73. The first-order chi connectivity index (χ1) is 13.8. The van der Waals surface area contributed by atoms with Gasteiger partial charge in [-0.2, -0.15) is 0 Å². The third kappa shape index (κ3) is 5.04. The van der Waals surface area contributed by atoms with Gasteiger partial charge in [0.1, 0.15) is 6.54 Å². The van der Waals surface area contributed by atoms with Crippen LogP contribution in [0.15, 0.2) is 30.3 Å². The molecule has 2 aromatic rings. The van der Waals surface area contributed by atoms with Crippen molar-refractivity contribution in [3.05, 3.63) is 52.6 Å². The third-order valence-electron chi connectivity index (χ3n) is 4.33. The summed E-state index contributed by atoms with van der Waals surface area (Å²) in [5.41, 5.74) is 3.98. The van der Waals surface area contributed by atoms with Gasteiger partial charge in [-0.1, -0.05) is 17.7 Å². The Hall–Kier alpha value is -3.55. The quantitative estimate of drug-likeness (QED) is 0.724. The molecule has 0 atom stereocenters. The van der Waals surface area contributed by atoms with Crippen molar-refractivity contribution in [1.29, 1.82) is 0 Å². The summed E-state index contributed by atoms with van der Waals surface area (Å²) in [6.45, 7) is 5.08. The van der Waals surface area contributed by atoms with Crippen LogP contribution in [0.5, 0.6) is 11.5 Å². The number of aryl methyl sites for hydroxylation is 3. The smallest absolute Gasteiger partial charge is 0.325 e. The zero-order chi connectivity index (χ0) is 21.0. The van der Waals surface area contributed by atoms with Gasteiger partial charge in [-0.15, -0.1) is 0 Å². The average molecular weight is 398 g/mol. The van der Waals surface area contributed by atoms with Gasteiger partial charge >= 0.3 is 5.97 Å². The highest BCUT2D eigenvalue weighted by atomic mass is 16.7.